The van der Waals surface area contributed by atoms with Crippen molar-refractivity contribution in [3.05, 3.63) is 17.8 Å². The first-order chi connectivity index (χ1) is 18.9. The molecule has 0 saturated heterocycles. The summed E-state index contributed by atoms with van der Waals surface area (Å²) in [5.41, 5.74) is -1.33. The summed E-state index contributed by atoms with van der Waals surface area (Å²) in [6.07, 6.45) is 6.69. The van der Waals surface area contributed by atoms with Gasteiger partial charge in [-0.05, 0) is 46.0 Å². The molecule has 0 radical (unpaired) electrons. The van der Waals surface area contributed by atoms with Crippen molar-refractivity contribution >= 4 is 34.6 Å². The van der Waals surface area contributed by atoms with Gasteiger partial charge in [0.2, 0.25) is 17.7 Å². The van der Waals surface area contributed by atoms with E-state index in [2.05, 4.69) is 27.9 Å². The number of ether oxygens (including phenoxy) is 1. The van der Waals surface area contributed by atoms with Crippen LogP contribution in [-0.4, -0.2) is 62.7 Å². The highest BCUT2D eigenvalue weighted by Gasteiger charge is 2.34. The molecule has 4 atom stereocenters. The van der Waals surface area contributed by atoms with Crippen molar-refractivity contribution in [1.82, 2.24) is 20.9 Å². The molecule has 2 unspecified atom stereocenters. The summed E-state index contributed by atoms with van der Waals surface area (Å²) in [5.74, 6) is -0.778. The molecule has 0 fully saturated rings. The summed E-state index contributed by atoms with van der Waals surface area (Å²) in [6.45, 7) is 8.72. The van der Waals surface area contributed by atoms with E-state index in [1.54, 1.807) is 6.92 Å². The van der Waals surface area contributed by atoms with E-state index in [1.807, 2.05) is 6.92 Å². The molecule has 12 heteroatoms. The van der Waals surface area contributed by atoms with E-state index in [4.69, 9.17) is 9.15 Å². The molecule has 0 spiro atoms. The van der Waals surface area contributed by atoms with Crippen molar-refractivity contribution in [1.29, 1.82) is 0 Å². The Morgan fingerprint density at radius 3 is 2.65 bits per heavy atom. The first kappa shape index (κ1) is 33.8. The Labute approximate surface area is 241 Å². The van der Waals surface area contributed by atoms with Crippen molar-refractivity contribution in [2.24, 2.45) is 5.92 Å². The van der Waals surface area contributed by atoms with Gasteiger partial charge in [0.25, 0.3) is 5.91 Å². The standard InChI is InChI=1S/C28H46N4O7S/c1-6-7-8-9-10-13-24(34)40-14-11-12-18(2)21-15-22(33)29-16-23-31-20(17-38-23)25(35)32-28(4,5)27(37)30-19(3)26(36)39-21/h17-19,21,26,36H,6-16H2,1-5H3,(H,29,33)(H,30,37)(H,32,35)/t18?,19-,21-,26?/m0/s1. The molecular formula is C28H46N4O7S. The van der Waals surface area contributed by atoms with Gasteiger partial charge in [-0.1, -0.05) is 51.3 Å². The van der Waals surface area contributed by atoms with E-state index >= 15 is 0 Å². The molecule has 3 amide bonds. The number of amides is 3. The number of fused-ring (bicyclic) bond motifs is 2. The SMILES string of the molecule is CCCCCCCC(=O)SCCCC(C)[C@@H]1CC(=O)NCc2nc(co2)C(=O)NC(C)(C)C(=O)N[C@@H](C)C(O)O1. The van der Waals surface area contributed by atoms with Crippen molar-refractivity contribution in [2.75, 3.05) is 5.75 Å². The fourth-order valence-electron chi connectivity index (χ4n) is 4.19. The first-order valence-corrected chi connectivity index (χ1v) is 15.2. The van der Waals surface area contributed by atoms with E-state index < -0.39 is 35.8 Å². The number of carbonyl (C=O) groups excluding carboxylic acids is 4. The zero-order valence-electron chi connectivity index (χ0n) is 24.4. The van der Waals surface area contributed by atoms with Crippen molar-refractivity contribution in [2.45, 2.75) is 123 Å². The number of oxazole rings is 1. The Morgan fingerprint density at radius 2 is 1.93 bits per heavy atom. The molecule has 0 aromatic carbocycles. The van der Waals surface area contributed by atoms with Gasteiger partial charge < -0.3 is 30.2 Å². The van der Waals surface area contributed by atoms with Crippen LogP contribution in [-0.2, 0) is 25.7 Å². The van der Waals surface area contributed by atoms with Crippen molar-refractivity contribution in [3.63, 3.8) is 0 Å². The second-order valence-electron chi connectivity index (χ2n) is 11.0. The van der Waals surface area contributed by atoms with E-state index in [0.717, 1.165) is 19.3 Å². The van der Waals surface area contributed by atoms with Gasteiger partial charge in [0.15, 0.2) is 17.1 Å². The molecular weight excluding hydrogens is 536 g/mol. The van der Waals surface area contributed by atoms with E-state index in [9.17, 15) is 24.3 Å². The number of nitrogens with one attached hydrogen (secondary N) is 3. The fourth-order valence-corrected chi connectivity index (χ4v) is 5.02. The number of hydrogen-bond donors (Lipinski definition) is 4. The van der Waals surface area contributed by atoms with Crippen LogP contribution in [0, 0.1) is 5.92 Å². The molecule has 1 aliphatic heterocycles. The lowest BCUT2D eigenvalue weighted by Gasteiger charge is -2.31. The third-order valence-electron chi connectivity index (χ3n) is 6.89. The Bertz CT molecular complexity index is 984. The lowest BCUT2D eigenvalue weighted by atomic mass is 9.96. The van der Waals surface area contributed by atoms with Gasteiger partial charge in [-0.3, -0.25) is 19.2 Å². The molecule has 0 saturated carbocycles. The van der Waals surface area contributed by atoms with Crippen molar-refractivity contribution in [3.8, 4) is 0 Å². The van der Waals surface area contributed by atoms with Crippen LogP contribution in [0.4, 0.5) is 0 Å². The summed E-state index contributed by atoms with van der Waals surface area (Å²) >= 11 is 1.35. The van der Waals surface area contributed by atoms with Crippen LogP contribution in [0.1, 0.15) is 109 Å². The maximum absolute atomic E-state index is 12.9. The predicted molar refractivity (Wildman–Crippen MR) is 152 cm³/mol. The number of aliphatic hydroxyl groups is 1. The molecule has 1 aromatic heterocycles. The predicted octanol–water partition coefficient (Wildman–Crippen LogP) is 3.45. The van der Waals surface area contributed by atoms with Crippen LogP contribution >= 0.6 is 11.8 Å². The average molecular weight is 583 g/mol. The van der Waals surface area contributed by atoms with Crippen LogP contribution in [0.5, 0.6) is 0 Å². The monoisotopic (exact) mass is 582 g/mol. The lowest BCUT2D eigenvalue weighted by Crippen LogP contribution is -2.58. The number of nitrogens with zero attached hydrogens (tertiary/aromatic N) is 1. The van der Waals surface area contributed by atoms with Crippen LogP contribution < -0.4 is 16.0 Å². The van der Waals surface area contributed by atoms with E-state index in [0.29, 0.717) is 18.6 Å². The van der Waals surface area contributed by atoms with Crippen molar-refractivity contribution < 1.29 is 33.4 Å². The minimum Gasteiger partial charge on any atom is -0.446 e. The van der Waals surface area contributed by atoms with Gasteiger partial charge in [-0.25, -0.2) is 4.98 Å². The summed E-state index contributed by atoms with van der Waals surface area (Å²) in [5, 5.41) is 19.0. The number of hydrogen-bond acceptors (Lipinski definition) is 9. The van der Waals surface area contributed by atoms with Crippen LogP contribution in [0.3, 0.4) is 0 Å². The maximum atomic E-state index is 12.9. The fraction of sp³-hybridized carbons (Fsp3) is 0.750. The highest BCUT2D eigenvalue weighted by atomic mass is 32.2. The molecule has 2 rings (SSSR count). The smallest absolute Gasteiger partial charge is 0.274 e. The molecule has 11 nitrogen and oxygen atoms in total. The Morgan fingerprint density at radius 1 is 1.20 bits per heavy atom. The number of aromatic nitrogens is 1. The topological polar surface area (TPSA) is 160 Å². The molecule has 4 N–H and O–H groups in total. The van der Waals surface area contributed by atoms with Gasteiger partial charge in [0.05, 0.1) is 25.1 Å². The minimum absolute atomic E-state index is 0.0204. The minimum atomic E-state index is -1.39. The van der Waals surface area contributed by atoms with Gasteiger partial charge in [0, 0.05) is 12.2 Å². The van der Waals surface area contributed by atoms with Gasteiger partial charge in [-0.2, -0.15) is 0 Å². The quantitative estimate of drug-likeness (QED) is 0.287. The largest absolute Gasteiger partial charge is 0.446 e. The molecule has 0 aliphatic carbocycles. The third-order valence-corrected chi connectivity index (χ3v) is 7.91. The Hall–Kier alpha value is -2.44. The molecule has 2 bridgehead atoms. The van der Waals surface area contributed by atoms with E-state index in [1.165, 1.54) is 51.1 Å². The molecule has 1 aromatic rings. The number of aliphatic hydroxyl groups excluding tert-OH is 1. The summed E-state index contributed by atoms with van der Waals surface area (Å²) in [4.78, 5) is 54.4. The van der Waals surface area contributed by atoms with Crippen LogP contribution in [0.15, 0.2) is 10.7 Å². The van der Waals surface area contributed by atoms with Crippen LogP contribution in [0.2, 0.25) is 0 Å². The lowest BCUT2D eigenvalue weighted by molar-refractivity contribution is -0.171. The van der Waals surface area contributed by atoms with Gasteiger partial charge >= 0.3 is 0 Å². The Kier molecular flexibility index (Phi) is 14.1. The number of carbonyl (C=O) groups is 4. The highest BCUT2D eigenvalue weighted by molar-refractivity contribution is 8.13. The van der Waals surface area contributed by atoms with E-state index in [-0.39, 0.29) is 41.5 Å². The summed E-state index contributed by atoms with van der Waals surface area (Å²) in [6, 6.07) is -0.821. The summed E-state index contributed by atoms with van der Waals surface area (Å²) in [7, 11) is 0. The summed E-state index contributed by atoms with van der Waals surface area (Å²) < 4.78 is 11.2. The maximum Gasteiger partial charge on any atom is 0.274 e. The van der Waals surface area contributed by atoms with Gasteiger partial charge in [-0.15, -0.1) is 0 Å². The zero-order valence-corrected chi connectivity index (χ0v) is 25.2. The highest BCUT2D eigenvalue weighted by Crippen LogP contribution is 2.22. The zero-order chi connectivity index (χ0) is 29.7. The number of unbranched alkanes of at least 4 members (excludes halogenated alkanes) is 4. The average Bonchev–Trinajstić information content (AvgIpc) is 3.38. The Balaban J connectivity index is 2.00. The second-order valence-corrected chi connectivity index (χ2v) is 12.2. The second kappa shape index (κ2) is 16.7. The molecule has 40 heavy (non-hydrogen) atoms. The first-order valence-electron chi connectivity index (χ1n) is 14.3. The molecule has 1 aliphatic rings. The van der Waals surface area contributed by atoms with Gasteiger partial charge in [0.1, 0.15) is 11.8 Å². The number of thioether (sulfide) groups is 1. The van der Waals surface area contributed by atoms with Crippen LogP contribution in [0.25, 0.3) is 0 Å². The number of rotatable bonds is 11. The molecule has 2 heterocycles. The normalized spacial score (nSPS) is 23.1. The third kappa shape index (κ3) is 11.6. The molecule has 226 valence electrons.